The second-order valence-electron chi connectivity index (χ2n) is 4.67. The van der Waals surface area contributed by atoms with Crippen LogP contribution in [0.2, 0.25) is 0 Å². The molecule has 2 heterocycles. The quantitative estimate of drug-likeness (QED) is 0.444. The molecule has 0 spiro atoms. The molecule has 0 bridgehead atoms. The molecule has 0 saturated carbocycles. The summed E-state index contributed by atoms with van der Waals surface area (Å²) in [5, 5.41) is 30.2. The number of nitrogens with zero attached hydrogens (tertiary/aromatic N) is 4. The predicted molar refractivity (Wildman–Crippen MR) is 75.8 cm³/mol. The zero-order chi connectivity index (χ0) is 16.4. The van der Waals surface area contributed by atoms with Crippen molar-refractivity contribution in [3.63, 3.8) is 0 Å². The molecule has 23 heavy (non-hydrogen) atoms. The summed E-state index contributed by atoms with van der Waals surface area (Å²) in [6, 6.07) is 1.59. The van der Waals surface area contributed by atoms with E-state index in [9.17, 15) is 20.0 Å². The Bertz CT molecular complexity index is 858. The number of carboxylic acids is 1. The number of H-pyrrole nitrogens is 1. The van der Waals surface area contributed by atoms with E-state index >= 15 is 0 Å². The molecule has 0 radical (unpaired) electrons. The van der Waals surface area contributed by atoms with E-state index in [4.69, 9.17) is 0 Å². The lowest BCUT2D eigenvalue weighted by Crippen LogP contribution is -2.31. The molecule has 0 aliphatic rings. The monoisotopic (exact) mass is 318 g/mol. The van der Waals surface area contributed by atoms with Crippen LogP contribution in [-0.4, -0.2) is 42.3 Å². The topological polar surface area (TPSA) is 160 Å². The molecule has 1 atom stereocenters. The first-order valence-electron chi connectivity index (χ1n) is 6.42. The number of benzene rings is 1. The van der Waals surface area contributed by atoms with Crippen LogP contribution in [0.25, 0.3) is 11.0 Å². The molecule has 2 aromatic heterocycles. The van der Waals surface area contributed by atoms with Crippen molar-refractivity contribution in [1.29, 1.82) is 0 Å². The van der Waals surface area contributed by atoms with Crippen molar-refractivity contribution < 1.29 is 19.5 Å². The molecule has 3 aromatic rings. The number of carbonyl (C=O) groups is 1. The fourth-order valence-electron chi connectivity index (χ4n) is 2.12. The Kier molecular flexibility index (Phi) is 3.58. The Balaban J connectivity index is 1.93. The zero-order valence-corrected chi connectivity index (χ0v) is 11.5. The van der Waals surface area contributed by atoms with E-state index in [2.05, 4.69) is 30.2 Å². The van der Waals surface area contributed by atoms with E-state index in [-0.39, 0.29) is 28.8 Å². The average Bonchev–Trinajstić information content (AvgIpc) is 3.17. The van der Waals surface area contributed by atoms with Gasteiger partial charge in [-0.05, 0) is 16.4 Å². The number of fused-ring (bicyclic) bond motifs is 1. The lowest BCUT2D eigenvalue weighted by molar-refractivity contribution is -0.383. The average molecular weight is 318 g/mol. The molecule has 0 saturated heterocycles. The van der Waals surface area contributed by atoms with Crippen LogP contribution in [0.4, 0.5) is 11.4 Å². The van der Waals surface area contributed by atoms with E-state index < -0.39 is 16.9 Å². The van der Waals surface area contributed by atoms with Crippen LogP contribution in [-0.2, 0) is 11.2 Å². The van der Waals surface area contributed by atoms with Gasteiger partial charge >= 0.3 is 11.7 Å². The van der Waals surface area contributed by atoms with Gasteiger partial charge in [-0.2, -0.15) is 0 Å². The van der Waals surface area contributed by atoms with Gasteiger partial charge in [-0.1, -0.05) is 0 Å². The maximum Gasteiger partial charge on any atom is 0.326 e. The number of non-ortho nitro benzene ring substituents is 1. The first-order chi connectivity index (χ1) is 11.1. The van der Waals surface area contributed by atoms with Crippen LogP contribution in [0.3, 0.4) is 0 Å². The van der Waals surface area contributed by atoms with Crippen molar-refractivity contribution in [2.24, 2.45) is 0 Å². The third-order valence-corrected chi connectivity index (χ3v) is 3.20. The first kappa shape index (κ1) is 14.4. The Morgan fingerprint density at radius 1 is 1.43 bits per heavy atom. The van der Waals surface area contributed by atoms with Crippen LogP contribution >= 0.6 is 0 Å². The van der Waals surface area contributed by atoms with Crippen molar-refractivity contribution in [2.75, 3.05) is 5.32 Å². The number of aromatic nitrogens is 4. The Morgan fingerprint density at radius 3 is 2.87 bits per heavy atom. The number of carboxylic acid groups (broad SMARTS) is 1. The van der Waals surface area contributed by atoms with Crippen LogP contribution in [0, 0.1) is 10.1 Å². The smallest absolute Gasteiger partial charge is 0.326 e. The van der Waals surface area contributed by atoms with Gasteiger partial charge in [0.2, 0.25) is 5.52 Å². The largest absolute Gasteiger partial charge is 0.480 e. The molecule has 11 nitrogen and oxygen atoms in total. The molecule has 0 amide bonds. The summed E-state index contributed by atoms with van der Waals surface area (Å²) in [7, 11) is 0. The molecule has 0 unspecified atom stereocenters. The second kappa shape index (κ2) is 5.71. The zero-order valence-electron chi connectivity index (χ0n) is 11.5. The SMILES string of the molecule is O=C(O)[C@H](Cc1cnc[nH]1)Nc1ccc([N+](=O)[O-])c2nonc12. The minimum absolute atomic E-state index is 0.0503. The summed E-state index contributed by atoms with van der Waals surface area (Å²) in [4.78, 5) is 28.4. The normalized spacial score (nSPS) is 12.2. The number of anilines is 1. The van der Waals surface area contributed by atoms with Gasteiger partial charge in [0, 0.05) is 24.4 Å². The molecule has 1 aromatic carbocycles. The van der Waals surface area contributed by atoms with Gasteiger partial charge in [-0.15, -0.1) is 0 Å². The van der Waals surface area contributed by atoms with E-state index in [1.807, 2.05) is 0 Å². The highest BCUT2D eigenvalue weighted by Gasteiger charge is 2.24. The lowest BCUT2D eigenvalue weighted by Gasteiger charge is -2.14. The number of imidazole rings is 1. The van der Waals surface area contributed by atoms with Gasteiger partial charge in [0.15, 0.2) is 5.52 Å². The van der Waals surface area contributed by atoms with Gasteiger partial charge < -0.3 is 15.4 Å². The molecule has 0 fully saturated rings. The summed E-state index contributed by atoms with van der Waals surface area (Å²) >= 11 is 0. The Hall–Kier alpha value is -3.50. The molecule has 0 aliphatic heterocycles. The molecule has 3 N–H and O–H groups in total. The first-order valence-corrected chi connectivity index (χ1v) is 6.42. The molecule has 118 valence electrons. The van der Waals surface area contributed by atoms with Gasteiger partial charge in [0.1, 0.15) is 6.04 Å². The number of nitro benzene ring substituents is 1. The second-order valence-corrected chi connectivity index (χ2v) is 4.67. The van der Waals surface area contributed by atoms with Crippen LogP contribution in [0.5, 0.6) is 0 Å². The highest BCUT2D eigenvalue weighted by molar-refractivity contribution is 5.94. The Morgan fingerprint density at radius 2 is 2.22 bits per heavy atom. The standard InChI is InChI=1S/C12H10N6O5/c19-12(20)8(3-6-4-13-5-14-6)15-7-1-2-9(18(21)22)11-10(7)16-23-17-11/h1-2,4-5,8,15H,3H2,(H,13,14)(H,19,20)/t8-/m0/s1. The maximum absolute atomic E-state index is 11.4. The summed E-state index contributed by atoms with van der Waals surface area (Å²) < 4.78 is 4.54. The van der Waals surface area contributed by atoms with Crippen LogP contribution < -0.4 is 5.32 Å². The molecule has 3 rings (SSSR count). The molecular weight excluding hydrogens is 308 g/mol. The number of nitrogens with one attached hydrogen (secondary N) is 2. The van der Waals surface area contributed by atoms with Gasteiger partial charge in [-0.25, -0.2) is 14.4 Å². The number of nitro groups is 1. The summed E-state index contributed by atoms with van der Waals surface area (Å²) in [5.74, 6) is -1.09. The summed E-state index contributed by atoms with van der Waals surface area (Å²) in [6.07, 6.45) is 3.10. The number of aliphatic carboxylic acids is 1. The number of aromatic amines is 1. The van der Waals surface area contributed by atoms with Gasteiger partial charge in [-0.3, -0.25) is 10.1 Å². The van der Waals surface area contributed by atoms with E-state index in [1.54, 1.807) is 0 Å². The lowest BCUT2D eigenvalue weighted by atomic mass is 10.1. The maximum atomic E-state index is 11.4. The minimum atomic E-state index is -1.09. The van der Waals surface area contributed by atoms with Gasteiger partial charge in [0.25, 0.3) is 0 Å². The predicted octanol–water partition coefficient (Wildman–Crippen LogP) is 0.962. The van der Waals surface area contributed by atoms with Crippen molar-refractivity contribution in [1.82, 2.24) is 20.3 Å². The van der Waals surface area contributed by atoms with E-state index in [0.717, 1.165) is 0 Å². The minimum Gasteiger partial charge on any atom is -0.480 e. The van der Waals surface area contributed by atoms with Crippen LogP contribution in [0.1, 0.15) is 5.69 Å². The highest BCUT2D eigenvalue weighted by Crippen LogP contribution is 2.29. The summed E-state index contributed by atoms with van der Waals surface area (Å²) in [5.41, 5.74) is 0.674. The fraction of sp³-hybridized carbons (Fsp3) is 0.167. The summed E-state index contributed by atoms with van der Waals surface area (Å²) in [6.45, 7) is 0. The fourth-order valence-corrected chi connectivity index (χ4v) is 2.12. The molecule has 11 heteroatoms. The van der Waals surface area contributed by atoms with E-state index in [1.165, 1.54) is 24.7 Å². The number of hydrogen-bond donors (Lipinski definition) is 3. The number of rotatable bonds is 6. The van der Waals surface area contributed by atoms with E-state index in [0.29, 0.717) is 5.69 Å². The number of hydrogen-bond acceptors (Lipinski definition) is 8. The van der Waals surface area contributed by atoms with Crippen molar-refractivity contribution in [2.45, 2.75) is 12.5 Å². The van der Waals surface area contributed by atoms with Crippen molar-refractivity contribution >= 4 is 28.4 Å². The van der Waals surface area contributed by atoms with Crippen molar-refractivity contribution in [3.8, 4) is 0 Å². The van der Waals surface area contributed by atoms with Gasteiger partial charge in [0.05, 0.1) is 16.9 Å². The molecule has 0 aliphatic carbocycles. The third-order valence-electron chi connectivity index (χ3n) is 3.20. The van der Waals surface area contributed by atoms with Crippen molar-refractivity contribution in [3.05, 3.63) is 40.5 Å². The highest BCUT2D eigenvalue weighted by atomic mass is 16.6. The molecular formula is C12H10N6O5. The van der Waals surface area contributed by atoms with Crippen LogP contribution in [0.15, 0.2) is 29.3 Å². The third kappa shape index (κ3) is 2.79. The Labute approximate surface area is 127 Å².